The van der Waals surface area contributed by atoms with E-state index >= 15 is 0 Å². The van der Waals surface area contributed by atoms with Crippen molar-refractivity contribution >= 4 is 12.1 Å². The molecule has 1 fully saturated rings. The monoisotopic (exact) mass is 271 g/mol. The van der Waals surface area contributed by atoms with Crippen LogP contribution >= 0.6 is 0 Å². The van der Waals surface area contributed by atoms with E-state index in [1.54, 1.807) is 0 Å². The number of rotatable bonds is 4. The SMILES string of the molecule is CN(C(=O)OCc1ccccc1)C1(C(=O)[O-])COC1.[Li+]. The number of benzene rings is 1. The minimum Gasteiger partial charge on any atom is -0.547 e. The molecule has 1 heterocycles. The largest absolute Gasteiger partial charge is 1.00 e. The normalized spacial score (nSPS) is 15.4. The molecular formula is C13H14LiNO5. The maximum absolute atomic E-state index is 11.8. The van der Waals surface area contributed by atoms with Gasteiger partial charge in [-0.2, -0.15) is 0 Å². The first-order chi connectivity index (χ1) is 9.06. The van der Waals surface area contributed by atoms with Crippen LogP contribution in [0.25, 0.3) is 0 Å². The minimum atomic E-state index is -1.41. The summed E-state index contributed by atoms with van der Waals surface area (Å²) in [4.78, 5) is 23.9. The predicted molar refractivity (Wildman–Crippen MR) is 62.9 cm³/mol. The van der Waals surface area contributed by atoms with Crippen LogP contribution in [0.5, 0.6) is 0 Å². The van der Waals surface area contributed by atoms with Gasteiger partial charge in [-0.25, -0.2) is 4.79 Å². The molecule has 0 bridgehead atoms. The van der Waals surface area contributed by atoms with Crippen molar-refractivity contribution in [3.05, 3.63) is 35.9 Å². The zero-order valence-corrected chi connectivity index (χ0v) is 11.5. The second-order valence-corrected chi connectivity index (χ2v) is 4.41. The number of ether oxygens (including phenoxy) is 2. The van der Waals surface area contributed by atoms with Gasteiger partial charge in [0.15, 0.2) is 0 Å². The van der Waals surface area contributed by atoms with Crippen LogP contribution < -0.4 is 24.0 Å². The fourth-order valence-electron chi connectivity index (χ4n) is 1.73. The maximum atomic E-state index is 11.8. The van der Waals surface area contributed by atoms with Gasteiger partial charge in [0.2, 0.25) is 0 Å². The van der Waals surface area contributed by atoms with Gasteiger partial charge >= 0.3 is 25.0 Å². The van der Waals surface area contributed by atoms with E-state index in [4.69, 9.17) is 9.47 Å². The molecule has 0 saturated carbocycles. The molecule has 102 valence electrons. The Balaban J connectivity index is 0.00000200. The molecule has 1 aliphatic heterocycles. The second kappa shape index (κ2) is 6.80. The van der Waals surface area contributed by atoms with E-state index in [2.05, 4.69) is 0 Å². The van der Waals surface area contributed by atoms with Gasteiger partial charge in [0.1, 0.15) is 12.1 Å². The number of likely N-dealkylation sites (N-methyl/N-ethyl adjacent to an activating group) is 1. The van der Waals surface area contributed by atoms with Gasteiger partial charge < -0.3 is 19.4 Å². The summed E-state index contributed by atoms with van der Waals surface area (Å²) >= 11 is 0. The molecule has 6 nitrogen and oxygen atoms in total. The summed E-state index contributed by atoms with van der Waals surface area (Å²) in [5.74, 6) is -1.34. The molecule has 0 spiro atoms. The summed E-state index contributed by atoms with van der Waals surface area (Å²) in [7, 11) is 1.37. The van der Waals surface area contributed by atoms with Crippen LogP contribution in [0.4, 0.5) is 4.79 Å². The topological polar surface area (TPSA) is 78.9 Å². The van der Waals surface area contributed by atoms with Crippen molar-refractivity contribution < 1.29 is 43.0 Å². The van der Waals surface area contributed by atoms with E-state index in [1.165, 1.54) is 7.05 Å². The summed E-state index contributed by atoms with van der Waals surface area (Å²) in [6.45, 7) is -0.0630. The third-order valence-corrected chi connectivity index (χ3v) is 3.18. The van der Waals surface area contributed by atoms with Crippen molar-refractivity contribution in [1.82, 2.24) is 4.90 Å². The number of carbonyl (C=O) groups excluding carboxylic acids is 2. The third-order valence-electron chi connectivity index (χ3n) is 3.18. The van der Waals surface area contributed by atoms with E-state index in [0.29, 0.717) is 0 Å². The molecule has 0 unspecified atom stereocenters. The molecule has 1 amide bonds. The van der Waals surface area contributed by atoms with Crippen molar-refractivity contribution in [2.75, 3.05) is 20.3 Å². The average molecular weight is 271 g/mol. The van der Waals surface area contributed by atoms with Crippen LogP contribution in [0.1, 0.15) is 5.56 Å². The Bertz CT molecular complexity index is 475. The molecule has 1 aliphatic rings. The molecule has 0 aromatic heterocycles. The number of hydrogen-bond donors (Lipinski definition) is 0. The van der Waals surface area contributed by atoms with E-state index in [0.717, 1.165) is 10.5 Å². The van der Waals surface area contributed by atoms with Gasteiger partial charge in [-0.3, -0.25) is 4.90 Å². The fraction of sp³-hybridized carbons (Fsp3) is 0.385. The molecule has 0 radical (unpaired) electrons. The number of aliphatic carboxylic acids is 1. The van der Waals surface area contributed by atoms with Gasteiger partial charge in [-0.15, -0.1) is 0 Å². The second-order valence-electron chi connectivity index (χ2n) is 4.41. The zero-order valence-electron chi connectivity index (χ0n) is 11.5. The van der Waals surface area contributed by atoms with Crippen molar-refractivity contribution in [1.29, 1.82) is 0 Å². The van der Waals surface area contributed by atoms with E-state index in [9.17, 15) is 14.7 Å². The standard InChI is InChI=1S/C13H15NO5.Li/c1-14(13(11(15)16)8-18-9-13)12(17)19-7-10-5-3-2-4-6-10;/h2-6H,7-9H2,1H3,(H,15,16);/q;+1/p-1. The number of carboxylic acids is 1. The van der Waals surface area contributed by atoms with Crippen molar-refractivity contribution in [3.8, 4) is 0 Å². The summed E-state index contributed by atoms with van der Waals surface area (Å²) in [5.41, 5.74) is -0.579. The van der Waals surface area contributed by atoms with Crippen molar-refractivity contribution in [2.45, 2.75) is 12.1 Å². The first kappa shape index (κ1) is 16.6. The van der Waals surface area contributed by atoms with Crippen molar-refractivity contribution in [3.63, 3.8) is 0 Å². The first-order valence-electron chi connectivity index (χ1n) is 5.80. The molecule has 0 N–H and O–H groups in total. The summed E-state index contributed by atoms with van der Waals surface area (Å²) in [6.07, 6.45) is -0.712. The van der Waals surface area contributed by atoms with E-state index in [1.807, 2.05) is 30.3 Å². The molecule has 20 heavy (non-hydrogen) atoms. The van der Waals surface area contributed by atoms with Crippen LogP contribution in [0.15, 0.2) is 30.3 Å². The van der Waals surface area contributed by atoms with Crippen LogP contribution in [0.2, 0.25) is 0 Å². The van der Waals surface area contributed by atoms with E-state index < -0.39 is 17.6 Å². The van der Waals surface area contributed by atoms with Gasteiger partial charge in [-0.1, -0.05) is 30.3 Å². The van der Waals surface area contributed by atoms with Crippen molar-refractivity contribution in [2.24, 2.45) is 0 Å². The Morgan fingerprint density at radius 3 is 2.40 bits per heavy atom. The maximum Gasteiger partial charge on any atom is 1.00 e. The zero-order chi connectivity index (χ0) is 13.9. The number of carboxylic acid groups (broad SMARTS) is 1. The Morgan fingerprint density at radius 2 is 1.95 bits per heavy atom. The van der Waals surface area contributed by atoms with Crippen LogP contribution in [0, 0.1) is 0 Å². The quantitative estimate of drug-likeness (QED) is 0.538. The molecule has 0 aliphatic carbocycles. The summed E-state index contributed by atoms with van der Waals surface area (Å²) in [6, 6.07) is 9.14. The van der Waals surface area contributed by atoms with Crippen LogP contribution in [-0.4, -0.2) is 42.8 Å². The Morgan fingerprint density at radius 1 is 1.35 bits per heavy atom. The van der Waals surface area contributed by atoms with E-state index in [-0.39, 0.29) is 38.7 Å². The molecule has 1 aromatic rings. The average Bonchev–Trinajstić information content (AvgIpc) is 2.35. The Labute approximate surface area is 128 Å². The van der Waals surface area contributed by atoms with Gasteiger partial charge in [0, 0.05) is 7.05 Å². The first-order valence-corrected chi connectivity index (χ1v) is 5.80. The number of nitrogens with zero attached hydrogens (tertiary/aromatic N) is 1. The summed E-state index contributed by atoms with van der Waals surface area (Å²) < 4.78 is 9.93. The smallest absolute Gasteiger partial charge is 0.547 e. The molecule has 1 saturated heterocycles. The predicted octanol–water partition coefficient (Wildman–Crippen LogP) is -3.22. The summed E-state index contributed by atoms with van der Waals surface area (Å²) in [5, 5.41) is 11.1. The van der Waals surface area contributed by atoms with Gasteiger partial charge in [0.05, 0.1) is 19.2 Å². The fourth-order valence-corrected chi connectivity index (χ4v) is 1.73. The Kier molecular flexibility index (Phi) is 5.63. The Hall–Kier alpha value is -1.48. The minimum absolute atomic E-state index is 0. The molecule has 2 rings (SSSR count). The third kappa shape index (κ3) is 3.15. The molecule has 7 heteroatoms. The molecular weight excluding hydrogens is 257 g/mol. The van der Waals surface area contributed by atoms with Crippen LogP contribution in [-0.2, 0) is 20.9 Å². The number of amides is 1. The van der Waals surface area contributed by atoms with Crippen LogP contribution in [0.3, 0.4) is 0 Å². The number of carbonyl (C=O) groups is 2. The van der Waals surface area contributed by atoms with Gasteiger partial charge in [0.25, 0.3) is 0 Å². The molecule has 1 aromatic carbocycles. The molecule has 0 atom stereocenters. The van der Waals surface area contributed by atoms with Gasteiger partial charge in [-0.05, 0) is 5.56 Å². The number of hydrogen-bond acceptors (Lipinski definition) is 5.